The van der Waals surface area contributed by atoms with Gasteiger partial charge in [0.05, 0.1) is 24.3 Å². The number of rotatable bonds is 8. The van der Waals surface area contributed by atoms with E-state index in [1.54, 1.807) is 25.3 Å². The van der Waals surface area contributed by atoms with Crippen LogP contribution in [0, 0.1) is 0 Å². The van der Waals surface area contributed by atoms with E-state index in [0.29, 0.717) is 29.5 Å². The Morgan fingerprint density at radius 1 is 1.08 bits per heavy atom. The van der Waals surface area contributed by atoms with E-state index in [1.165, 1.54) is 7.11 Å². The summed E-state index contributed by atoms with van der Waals surface area (Å²) in [6.07, 6.45) is 0. The first-order valence-corrected chi connectivity index (χ1v) is 8.39. The first kappa shape index (κ1) is 21.0. The molecule has 1 unspecified atom stereocenters. The van der Waals surface area contributed by atoms with E-state index in [0.717, 1.165) is 11.1 Å². The molecule has 0 saturated carbocycles. The molecule has 123 valence electrons. The number of benzene rings is 2. The summed E-state index contributed by atoms with van der Waals surface area (Å²) in [5.41, 5.74) is 0.371. The van der Waals surface area contributed by atoms with E-state index in [9.17, 15) is 4.79 Å². The number of hydrogen-bond donors (Lipinski definition) is 0. The third kappa shape index (κ3) is 5.81. The maximum absolute atomic E-state index is 12.5. The third-order valence-electron chi connectivity index (χ3n) is 3.09. The molecular weight excluding hydrogens is 342 g/mol. The SMILES string of the molecule is COCCOc1ccc(PC(=O)c2c(Cl)cccc2OC)cc1.[Li]. The van der Waals surface area contributed by atoms with Crippen LogP contribution in [0.2, 0.25) is 5.02 Å². The van der Waals surface area contributed by atoms with Gasteiger partial charge in [0, 0.05) is 26.0 Å². The molecule has 0 spiro atoms. The molecule has 0 saturated heterocycles. The van der Waals surface area contributed by atoms with Crippen LogP contribution in [0.25, 0.3) is 0 Å². The molecule has 2 aromatic rings. The van der Waals surface area contributed by atoms with Crippen LogP contribution in [0.3, 0.4) is 0 Å². The molecule has 0 aliphatic heterocycles. The zero-order chi connectivity index (χ0) is 16.7. The Morgan fingerprint density at radius 3 is 2.42 bits per heavy atom. The fraction of sp³-hybridized carbons (Fsp3) is 0.235. The smallest absolute Gasteiger partial charge is 0.190 e. The van der Waals surface area contributed by atoms with Crippen LogP contribution in [0.5, 0.6) is 11.5 Å². The molecule has 1 atom stereocenters. The van der Waals surface area contributed by atoms with Crippen LogP contribution >= 0.6 is 20.2 Å². The van der Waals surface area contributed by atoms with Crippen molar-refractivity contribution in [3.8, 4) is 11.5 Å². The molecule has 7 heteroatoms. The molecule has 0 aliphatic carbocycles. The monoisotopic (exact) mass is 359 g/mol. The molecule has 0 fully saturated rings. The summed E-state index contributed by atoms with van der Waals surface area (Å²) < 4.78 is 15.7. The molecule has 2 aromatic carbocycles. The number of carbonyl (C=O) groups excluding carboxylic acids is 1. The second kappa shape index (κ2) is 10.8. The molecule has 24 heavy (non-hydrogen) atoms. The zero-order valence-corrected chi connectivity index (χ0v) is 15.7. The van der Waals surface area contributed by atoms with Crippen molar-refractivity contribution < 1.29 is 19.0 Å². The predicted octanol–water partition coefficient (Wildman–Crippen LogP) is 3.14. The Hall–Kier alpha value is -1.01. The van der Waals surface area contributed by atoms with E-state index < -0.39 is 0 Å². The minimum Gasteiger partial charge on any atom is -0.496 e. The van der Waals surface area contributed by atoms with Gasteiger partial charge in [0.1, 0.15) is 18.1 Å². The fourth-order valence-corrected chi connectivity index (χ4v) is 3.28. The van der Waals surface area contributed by atoms with Gasteiger partial charge in [-0.1, -0.05) is 29.8 Å². The summed E-state index contributed by atoms with van der Waals surface area (Å²) in [6, 6.07) is 12.6. The van der Waals surface area contributed by atoms with Crippen molar-refractivity contribution in [2.75, 3.05) is 27.4 Å². The van der Waals surface area contributed by atoms with Crippen LogP contribution in [0.15, 0.2) is 42.5 Å². The number of halogens is 1. The molecular formula is C17H18ClLiO4P. The quantitative estimate of drug-likeness (QED) is 0.413. The van der Waals surface area contributed by atoms with Gasteiger partial charge in [-0.3, -0.25) is 4.79 Å². The second-order valence-corrected chi connectivity index (χ2v) is 6.33. The van der Waals surface area contributed by atoms with E-state index in [2.05, 4.69) is 0 Å². The van der Waals surface area contributed by atoms with Gasteiger partial charge in [-0.2, -0.15) is 0 Å². The second-order valence-electron chi connectivity index (χ2n) is 4.64. The Kier molecular flexibility index (Phi) is 9.44. The maximum Gasteiger partial charge on any atom is 0.190 e. The van der Waals surface area contributed by atoms with Crippen molar-refractivity contribution in [3.05, 3.63) is 53.1 Å². The standard InChI is InChI=1S/C17H18ClO4P.Li/c1-20-10-11-22-12-6-8-13(9-7-12)23-17(19)16-14(18)4-3-5-15(16)21-2;/h3-9,23H,10-11H2,1-2H3;. The van der Waals surface area contributed by atoms with E-state index in [-0.39, 0.29) is 33.0 Å². The van der Waals surface area contributed by atoms with Crippen molar-refractivity contribution in [1.82, 2.24) is 0 Å². The summed E-state index contributed by atoms with van der Waals surface area (Å²) in [5.74, 6) is 1.24. The van der Waals surface area contributed by atoms with Crippen molar-refractivity contribution in [1.29, 1.82) is 0 Å². The Balaban J connectivity index is 0.00000288. The van der Waals surface area contributed by atoms with Crippen LogP contribution < -0.4 is 14.8 Å². The minimum atomic E-state index is -0.0551. The van der Waals surface area contributed by atoms with Gasteiger partial charge in [-0.05, 0) is 38.2 Å². The van der Waals surface area contributed by atoms with Gasteiger partial charge in [-0.15, -0.1) is 0 Å². The number of carbonyl (C=O) groups is 1. The fourth-order valence-electron chi connectivity index (χ4n) is 1.97. The Morgan fingerprint density at radius 2 is 1.79 bits per heavy atom. The van der Waals surface area contributed by atoms with Gasteiger partial charge in [0.15, 0.2) is 5.52 Å². The van der Waals surface area contributed by atoms with Crippen molar-refractivity contribution in [2.24, 2.45) is 0 Å². The normalized spacial score (nSPS) is 10.5. The average molecular weight is 360 g/mol. The van der Waals surface area contributed by atoms with Crippen molar-refractivity contribution in [3.63, 3.8) is 0 Å². The van der Waals surface area contributed by atoms with Crippen molar-refractivity contribution in [2.45, 2.75) is 0 Å². The van der Waals surface area contributed by atoms with Gasteiger partial charge >= 0.3 is 0 Å². The van der Waals surface area contributed by atoms with Crippen LogP contribution in [-0.4, -0.2) is 51.8 Å². The summed E-state index contributed by atoms with van der Waals surface area (Å²) in [6.45, 7) is 1.03. The first-order chi connectivity index (χ1) is 11.2. The van der Waals surface area contributed by atoms with Crippen LogP contribution in [-0.2, 0) is 4.74 Å². The first-order valence-electron chi connectivity index (χ1n) is 7.01. The van der Waals surface area contributed by atoms with Gasteiger partial charge in [0.25, 0.3) is 0 Å². The number of hydrogen-bond acceptors (Lipinski definition) is 4. The third-order valence-corrected chi connectivity index (χ3v) is 4.50. The molecule has 2 rings (SSSR count). The van der Waals surface area contributed by atoms with Gasteiger partial charge < -0.3 is 14.2 Å². The maximum atomic E-state index is 12.5. The summed E-state index contributed by atoms with van der Waals surface area (Å²) in [4.78, 5) is 12.5. The van der Waals surface area contributed by atoms with E-state index in [1.807, 2.05) is 24.3 Å². The summed E-state index contributed by atoms with van der Waals surface area (Å²) in [7, 11) is 3.12. The van der Waals surface area contributed by atoms with Gasteiger partial charge in [-0.25, -0.2) is 0 Å². The van der Waals surface area contributed by atoms with Crippen molar-refractivity contribution >= 4 is 49.9 Å². The number of ether oxygens (including phenoxy) is 3. The van der Waals surface area contributed by atoms with Crippen LogP contribution in [0.1, 0.15) is 10.4 Å². The molecule has 0 aromatic heterocycles. The molecule has 4 nitrogen and oxygen atoms in total. The molecule has 0 bridgehead atoms. The van der Waals surface area contributed by atoms with Crippen LogP contribution in [0.4, 0.5) is 0 Å². The topological polar surface area (TPSA) is 44.8 Å². The summed E-state index contributed by atoms with van der Waals surface area (Å²) >= 11 is 6.14. The Bertz CT molecular complexity index is 664. The largest absolute Gasteiger partial charge is 0.496 e. The Labute approximate surface area is 160 Å². The molecule has 0 aliphatic rings. The molecule has 0 heterocycles. The number of methoxy groups -OCH3 is 2. The molecule has 0 N–H and O–H groups in total. The minimum absolute atomic E-state index is 0. The van der Waals surface area contributed by atoms with E-state index in [4.69, 9.17) is 25.8 Å². The molecule has 1 radical (unpaired) electrons. The van der Waals surface area contributed by atoms with E-state index >= 15 is 0 Å². The van der Waals surface area contributed by atoms with Gasteiger partial charge in [0.2, 0.25) is 0 Å². The summed E-state index contributed by atoms with van der Waals surface area (Å²) in [5, 5.41) is 1.32. The zero-order valence-electron chi connectivity index (χ0n) is 14.0. The molecule has 0 amide bonds. The average Bonchev–Trinajstić information content (AvgIpc) is 2.56. The predicted molar refractivity (Wildman–Crippen MR) is 99.9 cm³/mol.